The van der Waals surface area contributed by atoms with E-state index in [9.17, 15) is 5.11 Å². The molecule has 4 heteroatoms. The fourth-order valence-electron chi connectivity index (χ4n) is 2.17. The molecule has 1 atom stereocenters. The lowest BCUT2D eigenvalue weighted by molar-refractivity contribution is 0.179. The molecule has 1 N–H and O–H groups in total. The molecule has 1 unspecified atom stereocenters. The van der Waals surface area contributed by atoms with Gasteiger partial charge in [0.05, 0.1) is 24.1 Å². The number of aromatic nitrogens is 1. The number of pyridine rings is 1. The molecular formula is C15H12ClNO2. The van der Waals surface area contributed by atoms with Crippen molar-refractivity contribution < 1.29 is 9.52 Å². The number of furan rings is 1. The van der Waals surface area contributed by atoms with E-state index < -0.39 is 6.10 Å². The summed E-state index contributed by atoms with van der Waals surface area (Å²) in [5, 5.41) is 11.9. The Labute approximate surface area is 115 Å². The lowest BCUT2D eigenvalue weighted by Gasteiger charge is -2.13. The lowest BCUT2D eigenvalue weighted by Crippen LogP contribution is -2.02. The maximum Gasteiger partial charge on any atom is 0.0935 e. The highest BCUT2D eigenvalue weighted by Crippen LogP contribution is 2.29. The molecule has 19 heavy (non-hydrogen) atoms. The van der Waals surface area contributed by atoms with Crippen molar-refractivity contribution in [2.45, 2.75) is 12.5 Å². The second kappa shape index (κ2) is 5.03. The Morgan fingerprint density at radius 3 is 2.95 bits per heavy atom. The average Bonchev–Trinajstić information content (AvgIpc) is 2.92. The van der Waals surface area contributed by atoms with E-state index in [1.54, 1.807) is 24.8 Å². The molecule has 0 aliphatic rings. The molecule has 0 radical (unpaired) electrons. The molecule has 1 aromatic carbocycles. The SMILES string of the molecule is OC(Cc1ccoc1)c1ccc(Cl)c2cccnc12. The molecule has 0 fully saturated rings. The lowest BCUT2D eigenvalue weighted by atomic mass is 10.0. The third-order valence-electron chi connectivity index (χ3n) is 3.12. The fraction of sp³-hybridized carbons (Fsp3) is 0.133. The van der Waals surface area contributed by atoms with E-state index in [0.717, 1.165) is 22.0 Å². The fourth-order valence-corrected chi connectivity index (χ4v) is 2.39. The summed E-state index contributed by atoms with van der Waals surface area (Å²) in [7, 11) is 0. The van der Waals surface area contributed by atoms with Gasteiger partial charge in [-0.2, -0.15) is 0 Å². The molecule has 2 heterocycles. The Balaban J connectivity index is 2.03. The van der Waals surface area contributed by atoms with Crippen molar-refractivity contribution >= 4 is 22.5 Å². The van der Waals surface area contributed by atoms with Gasteiger partial charge in [-0.1, -0.05) is 17.7 Å². The quantitative estimate of drug-likeness (QED) is 0.790. The Hall–Kier alpha value is -1.84. The van der Waals surface area contributed by atoms with Crippen molar-refractivity contribution in [3.63, 3.8) is 0 Å². The molecule has 0 bridgehead atoms. The van der Waals surface area contributed by atoms with E-state index >= 15 is 0 Å². The molecule has 0 spiro atoms. The van der Waals surface area contributed by atoms with Crippen LogP contribution in [0.1, 0.15) is 17.2 Å². The second-order valence-corrected chi connectivity index (χ2v) is 4.79. The summed E-state index contributed by atoms with van der Waals surface area (Å²) in [5.41, 5.74) is 2.47. The van der Waals surface area contributed by atoms with Gasteiger partial charge >= 0.3 is 0 Å². The predicted octanol–water partition coefficient (Wildman–Crippen LogP) is 3.76. The number of halogens is 1. The highest BCUT2D eigenvalue weighted by molar-refractivity contribution is 6.35. The Morgan fingerprint density at radius 1 is 1.26 bits per heavy atom. The highest BCUT2D eigenvalue weighted by atomic mass is 35.5. The van der Waals surface area contributed by atoms with Crippen molar-refractivity contribution in [2.75, 3.05) is 0 Å². The number of aliphatic hydroxyl groups excluding tert-OH is 1. The topological polar surface area (TPSA) is 46.3 Å². The number of nitrogens with zero attached hydrogens (tertiary/aromatic N) is 1. The summed E-state index contributed by atoms with van der Waals surface area (Å²) in [6.45, 7) is 0. The van der Waals surface area contributed by atoms with Crippen LogP contribution >= 0.6 is 11.6 Å². The van der Waals surface area contributed by atoms with Gasteiger partial charge < -0.3 is 9.52 Å². The molecule has 0 aliphatic carbocycles. The van der Waals surface area contributed by atoms with E-state index in [1.807, 2.05) is 24.3 Å². The molecular weight excluding hydrogens is 262 g/mol. The van der Waals surface area contributed by atoms with Crippen LogP contribution in [-0.2, 0) is 6.42 Å². The van der Waals surface area contributed by atoms with Crippen LogP contribution in [0.2, 0.25) is 5.02 Å². The van der Waals surface area contributed by atoms with Crippen molar-refractivity contribution in [1.82, 2.24) is 4.98 Å². The van der Waals surface area contributed by atoms with E-state index in [2.05, 4.69) is 4.98 Å². The van der Waals surface area contributed by atoms with Crippen LogP contribution < -0.4 is 0 Å². The number of aliphatic hydroxyl groups is 1. The number of rotatable bonds is 3. The number of hydrogen-bond donors (Lipinski definition) is 1. The van der Waals surface area contributed by atoms with Gasteiger partial charge in [-0.15, -0.1) is 0 Å². The van der Waals surface area contributed by atoms with Crippen LogP contribution in [0.3, 0.4) is 0 Å². The molecule has 0 saturated heterocycles. The van der Waals surface area contributed by atoms with Crippen molar-refractivity contribution in [2.24, 2.45) is 0 Å². The van der Waals surface area contributed by atoms with E-state index in [1.165, 1.54) is 0 Å². The first-order valence-corrected chi connectivity index (χ1v) is 6.36. The van der Waals surface area contributed by atoms with Gasteiger partial charge in [0.2, 0.25) is 0 Å². The zero-order chi connectivity index (χ0) is 13.2. The van der Waals surface area contributed by atoms with E-state index in [4.69, 9.17) is 16.0 Å². The summed E-state index contributed by atoms with van der Waals surface area (Å²) in [4.78, 5) is 4.32. The maximum absolute atomic E-state index is 10.4. The molecule has 3 rings (SSSR count). The van der Waals surface area contributed by atoms with Crippen molar-refractivity contribution in [3.05, 3.63) is 65.2 Å². The van der Waals surface area contributed by atoms with Gasteiger partial charge in [0.25, 0.3) is 0 Å². The zero-order valence-electron chi connectivity index (χ0n) is 10.1. The van der Waals surface area contributed by atoms with Crippen LogP contribution in [0, 0.1) is 0 Å². The van der Waals surface area contributed by atoms with Crippen LogP contribution in [0.4, 0.5) is 0 Å². The number of benzene rings is 1. The van der Waals surface area contributed by atoms with Crippen molar-refractivity contribution in [1.29, 1.82) is 0 Å². The third-order valence-corrected chi connectivity index (χ3v) is 3.45. The second-order valence-electron chi connectivity index (χ2n) is 4.39. The maximum atomic E-state index is 10.4. The first-order valence-electron chi connectivity index (χ1n) is 5.98. The smallest absolute Gasteiger partial charge is 0.0935 e. The van der Waals surface area contributed by atoms with E-state index in [-0.39, 0.29) is 0 Å². The molecule has 0 aliphatic heterocycles. The predicted molar refractivity (Wildman–Crippen MR) is 74.1 cm³/mol. The van der Waals surface area contributed by atoms with E-state index in [0.29, 0.717) is 11.4 Å². The first kappa shape index (κ1) is 12.2. The minimum absolute atomic E-state index is 0.490. The summed E-state index contributed by atoms with van der Waals surface area (Å²) >= 11 is 6.14. The summed E-state index contributed by atoms with van der Waals surface area (Å²) in [6, 6.07) is 9.19. The highest BCUT2D eigenvalue weighted by Gasteiger charge is 2.14. The number of hydrogen-bond acceptors (Lipinski definition) is 3. The van der Waals surface area contributed by atoms with Crippen LogP contribution in [-0.4, -0.2) is 10.1 Å². The Morgan fingerprint density at radius 2 is 2.16 bits per heavy atom. The van der Waals surface area contributed by atoms with Gasteiger partial charge in [-0.05, 0) is 29.8 Å². The molecule has 3 nitrogen and oxygen atoms in total. The van der Waals surface area contributed by atoms with Gasteiger partial charge in [-0.25, -0.2) is 0 Å². The number of fused-ring (bicyclic) bond motifs is 1. The summed E-state index contributed by atoms with van der Waals surface area (Å²) < 4.78 is 5.01. The molecule has 96 valence electrons. The van der Waals surface area contributed by atoms with Crippen LogP contribution in [0.15, 0.2) is 53.5 Å². The largest absolute Gasteiger partial charge is 0.472 e. The average molecular weight is 274 g/mol. The van der Waals surface area contributed by atoms with Crippen molar-refractivity contribution in [3.8, 4) is 0 Å². The monoisotopic (exact) mass is 273 g/mol. The molecule has 0 saturated carbocycles. The van der Waals surface area contributed by atoms with Gasteiger partial charge in [-0.3, -0.25) is 4.98 Å². The zero-order valence-corrected chi connectivity index (χ0v) is 10.8. The Kier molecular flexibility index (Phi) is 3.23. The minimum atomic E-state index is -0.632. The third kappa shape index (κ3) is 2.35. The Bertz CT molecular complexity index is 694. The standard InChI is InChI=1S/C15H12ClNO2/c16-13-4-3-12(15-11(13)2-1-6-17-15)14(18)8-10-5-7-19-9-10/h1-7,9,14,18H,8H2. The molecule has 3 aromatic rings. The van der Waals surface area contributed by atoms with Gasteiger partial charge in [0.15, 0.2) is 0 Å². The molecule has 2 aromatic heterocycles. The van der Waals surface area contributed by atoms with Gasteiger partial charge in [0, 0.05) is 28.6 Å². The van der Waals surface area contributed by atoms with Crippen LogP contribution in [0.5, 0.6) is 0 Å². The summed E-state index contributed by atoms with van der Waals surface area (Å²) in [5.74, 6) is 0. The van der Waals surface area contributed by atoms with Gasteiger partial charge in [0.1, 0.15) is 0 Å². The first-order chi connectivity index (χ1) is 9.25. The normalized spacial score (nSPS) is 12.7. The van der Waals surface area contributed by atoms with Crippen LogP contribution in [0.25, 0.3) is 10.9 Å². The molecule has 0 amide bonds. The minimum Gasteiger partial charge on any atom is -0.472 e. The summed E-state index contributed by atoms with van der Waals surface area (Å²) in [6.07, 6.45) is 4.79.